The van der Waals surface area contributed by atoms with Crippen molar-refractivity contribution in [2.24, 2.45) is 0 Å². The van der Waals surface area contributed by atoms with E-state index in [4.69, 9.17) is 0 Å². The van der Waals surface area contributed by atoms with Gasteiger partial charge in [-0.1, -0.05) is 30.3 Å². The van der Waals surface area contributed by atoms with Crippen LogP contribution in [0.4, 0.5) is 17.6 Å². The summed E-state index contributed by atoms with van der Waals surface area (Å²) in [4.78, 5) is 0. The van der Waals surface area contributed by atoms with Gasteiger partial charge < -0.3 is 5.32 Å². The van der Waals surface area contributed by atoms with Gasteiger partial charge in [-0.15, -0.1) is 0 Å². The van der Waals surface area contributed by atoms with Crippen molar-refractivity contribution in [1.82, 2.24) is 5.32 Å². The van der Waals surface area contributed by atoms with E-state index in [2.05, 4.69) is 5.32 Å². The molecule has 0 heterocycles. The van der Waals surface area contributed by atoms with Gasteiger partial charge in [0.1, 0.15) is 5.82 Å². The van der Waals surface area contributed by atoms with Crippen molar-refractivity contribution in [2.75, 3.05) is 0 Å². The van der Waals surface area contributed by atoms with Crippen LogP contribution in [0.1, 0.15) is 29.7 Å². The molecule has 0 aliphatic carbocycles. The van der Waals surface area contributed by atoms with Crippen molar-refractivity contribution in [3.63, 3.8) is 0 Å². The van der Waals surface area contributed by atoms with Crippen LogP contribution < -0.4 is 5.32 Å². The van der Waals surface area contributed by atoms with E-state index in [-0.39, 0.29) is 11.9 Å². The summed E-state index contributed by atoms with van der Waals surface area (Å²) in [5.74, 6) is -0.316. The number of hydrogen-bond acceptors (Lipinski definition) is 1. The monoisotopic (exact) mass is 297 g/mol. The highest BCUT2D eigenvalue weighted by Gasteiger charge is 2.30. The zero-order valence-corrected chi connectivity index (χ0v) is 11.4. The van der Waals surface area contributed by atoms with Gasteiger partial charge in [-0.2, -0.15) is 13.2 Å². The predicted molar refractivity (Wildman–Crippen MR) is 73.1 cm³/mol. The Morgan fingerprint density at radius 1 is 1.05 bits per heavy atom. The largest absolute Gasteiger partial charge is 0.416 e. The Hall–Kier alpha value is -1.88. The molecule has 0 radical (unpaired) electrons. The van der Waals surface area contributed by atoms with Gasteiger partial charge in [0.15, 0.2) is 0 Å². The van der Waals surface area contributed by atoms with Crippen LogP contribution in [0.5, 0.6) is 0 Å². The van der Waals surface area contributed by atoms with Crippen molar-refractivity contribution in [2.45, 2.75) is 25.7 Å². The molecule has 112 valence electrons. The molecule has 1 atom stereocenters. The molecule has 0 amide bonds. The fraction of sp³-hybridized carbons (Fsp3) is 0.250. The second-order valence-corrected chi connectivity index (χ2v) is 4.85. The van der Waals surface area contributed by atoms with Crippen LogP contribution in [0, 0.1) is 5.82 Å². The molecule has 0 aliphatic rings. The number of benzene rings is 2. The molecule has 0 unspecified atom stereocenters. The number of alkyl halides is 3. The van der Waals surface area contributed by atoms with Gasteiger partial charge in [0.05, 0.1) is 5.56 Å². The average Bonchev–Trinajstić information content (AvgIpc) is 2.45. The van der Waals surface area contributed by atoms with Gasteiger partial charge in [0.2, 0.25) is 0 Å². The first-order chi connectivity index (χ1) is 9.86. The van der Waals surface area contributed by atoms with Crippen LogP contribution in [-0.4, -0.2) is 0 Å². The SMILES string of the molecule is C[C@H](NCc1cccc(C(F)(F)F)c1)c1ccc(F)cc1. The van der Waals surface area contributed by atoms with E-state index in [1.165, 1.54) is 18.2 Å². The summed E-state index contributed by atoms with van der Waals surface area (Å²) in [6.45, 7) is 2.18. The Balaban J connectivity index is 2.01. The van der Waals surface area contributed by atoms with Crippen LogP contribution >= 0.6 is 0 Å². The Bertz CT molecular complexity index is 590. The summed E-state index contributed by atoms with van der Waals surface area (Å²) in [5, 5.41) is 3.12. The van der Waals surface area contributed by atoms with Crippen molar-refractivity contribution in [1.29, 1.82) is 0 Å². The minimum Gasteiger partial charge on any atom is -0.306 e. The van der Waals surface area contributed by atoms with Gasteiger partial charge in [-0.05, 0) is 36.2 Å². The highest BCUT2D eigenvalue weighted by Crippen LogP contribution is 2.29. The first kappa shape index (κ1) is 15.5. The quantitative estimate of drug-likeness (QED) is 0.807. The second-order valence-electron chi connectivity index (χ2n) is 4.85. The van der Waals surface area contributed by atoms with Crippen molar-refractivity contribution in [3.05, 3.63) is 71.0 Å². The highest BCUT2D eigenvalue weighted by molar-refractivity contribution is 5.26. The molecule has 2 aromatic carbocycles. The lowest BCUT2D eigenvalue weighted by molar-refractivity contribution is -0.137. The molecule has 0 aliphatic heterocycles. The molecule has 2 aromatic rings. The molecule has 1 nitrogen and oxygen atoms in total. The fourth-order valence-corrected chi connectivity index (χ4v) is 2.00. The lowest BCUT2D eigenvalue weighted by Gasteiger charge is -2.15. The molecule has 5 heteroatoms. The Morgan fingerprint density at radius 2 is 1.71 bits per heavy atom. The molecule has 0 saturated carbocycles. The first-order valence-electron chi connectivity index (χ1n) is 6.51. The molecule has 0 spiro atoms. The maximum atomic E-state index is 12.8. The lowest BCUT2D eigenvalue weighted by Crippen LogP contribution is -2.18. The molecule has 0 aromatic heterocycles. The summed E-state index contributed by atoms with van der Waals surface area (Å²) in [7, 11) is 0. The summed E-state index contributed by atoms with van der Waals surface area (Å²) < 4.78 is 50.7. The van der Waals surface area contributed by atoms with E-state index in [9.17, 15) is 17.6 Å². The minimum absolute atomic E-state index is 0.0832. The first-order valence-corrected chi connectivity index (χ1v) is 6.51. The second kappa shape index (κ2) is 6.26. The van der Waals surface area contributed by atoms with Crippen LogP contribution in [0.15, 0.2) is 48.5 Å². The third-order valence-corrected chi connectivity index (χ3v) is 3.24. The van der Waals surface area contributed by atoms with Gasteiger partial charge >= 0.3 is 6.18 Å². The van der Waals surface area contributed by atoms with Crippen molar-refractivity contribution < 1.29 is 17.6 Å². The van der Waals surface area contributed by atoms with E-state index in [0.717, 1.165) is 17.7 Å². The number of nitrogens with one attached hydrogen (secondary N) is 1. The lowest BCUT2D eigenvalue weighted by atomic mass is 10.1. The molecule has 2 rings (SSSR count). The maximum Gasteiger partial charge on any atom is 0.416 e. The Kier molecular flexibility index (Phi) is 4.63. The normalized spacial score (nSPS) is 13.2. The van der Waals surface area contributed by atoms with E-state index in [1.54, 1.807) is 18.2 Å². The third kappa shape index (κ3) is 4.29. The van der Waals surface area contributed by atoms with E-state index >= 15 is 0 Å². The van der Waals surface area contributed by atoms with E-state index < -0.39 is 11.7 Å². The van der Waals surface area contributed by atoms with Crippen LogP contribution in [0.2, 0.25) is 0 Å². The fourth-order valence-electron chi connectivity index (χ4n) is 2.00. The van der Waals surface area contributed by atoms with Crippen LogP contribution in [0.25, 0.3) is 0 Å². The van der Waals surface area contributed by atoms with Crippen molar-refractivity contribution >= 4 is 0 Å². The molecule has 0 saturated heterocycles. The number of halogens is 4. The van der Waals surface area contributed by atoms with E-state index in [1.807, 2.05) is 6.92 Å². The standard InChI is InChI=1S/C16H15F4N/c1-11(13-5-7-15(17)8-6-13)21-10-12-3-2-4-14(9-12)16(18,19)20/h2-9,11,21H,10H2,1H3/t11-/m0/s1. The average molecular weight is 297 g/mol. The molecule has 21 heavy (non-hydrogen) atoms. The van der Waals surface area contributed by atoms with E-state index in [0.29, 0.717) is 12.1 Å². The summed E-state index contributed by atoms with van der Waals surface area (Å²) in [6.07, 6.45) is -4.33. The maximum absolute atomic E-state index is 12.8. The van der Waals surface area contributed by atoms with Gasteiger partial charge in [-0.25, -0.2) is 4.39 Å². The van der Waals surface area contributed by atoms with Gasteiger partial charge in [0, 0.05) is 12.6 Å². The zero-order valence-electron chi connectivity index (χ0n) is 11.4. The molecule has 0 bridgehead atoms. The van der Waals surface area contributed by atoms with Crippen LogP contribution in [-0.2, 0) is 12.7 Å². The van der Waals surface area contributed by atoms with Gasteiger partial charge in [0.25, 0.3) is 0 Å². The van der Waals surface area contributed by atoms with Crippen LogP contribution in [0.3, 0.4) is 0 Å². The molecular weight excluding hydrogens is 282 g/mol. The highest BCUT2D eigenvalue weighted by atomic mass is 19.4. The summed E-state index contributed by atoms with van der Waals surface area (Å²) in [6, 6.07) is 11.1. The zero-order chi connectivity index (χ0) is 15.5. The van der Waals surface area contributed by atoms with Gasteiger partial charge in [-0.3, -0.25) is 0 Å². The Morgan fingerprint density at radius 3 is 2.33 bits per heavy atom. The summed E-state index contributed by atoms with van der Waals surface area (Å²) in [5.41, 5.74) is 0.776. The minimum atomic E-state index is -4.33. The smallest absolute Gasteiger partial charge is 0.306 e. The number of hydrogen-bond donors (Lipinski definition) is 1. The molecule has 0 fully saturated rings. The summed E-state index contributed by atoms with van der Waals surface area (Å²) >= 11 is 0. The topological polar surface area (TPSA) is 12.0 Å². The molecular formula is C16H15F4N. The number of rotatable bonds is 4. The molecule has 1 N–H and O–H groups in total. The Labute approximate surface area is 120 Å². The predicted octanol–water partition coefficient (Wildman–Crippen LogP) is 4.70. The van der Waals surface area contributed by atoms with Crippen molar-refractivity contribution in [3.8, 4) is 0 Å². The third-order valence-electron chi connectivity index (χ3n) is 3.24.